The van der Waals surface area contributed by atoms with Crippen LogP contribution in [0.15, 0.2) is 34.8 Å². The zero-order chi connectivity index (χ0) is 12.5. The summed E-state index contributed by atoms with van der Waals surface area (Å²) in [5.74, 6) is 0.415. The van der Waals surface area contributed by atoms with Crippen molar-refractivity contribution < 1.29 is 5.11 Å². The number of hydrogen-bond acceptors (Lipinski definition) is 2. The molecule has 0 bridgehead atoms. The van der Waals surface area contributed by atoms with E-state index in [9.17, 15) is 5.11 Å². The van der Waals surface area contributed by atoms with Gasteiger partial charge in [0.25, 0.3) is 0 Å². The largest absolute Gasteiger partial charge is 0.508 e. The highest BCUT2D eigenvalue weighted by atomic mass is 79.9. The second-order valence-corrected chi connectivity index (χ2v) is 5.89. The van der Waals surface area contributed by atoms with Crippen molar-refractivity contribution in [3.8, 4) is 5.75 Å². The average Bonchev–Trinajstić information content (AvgIpc) is 2.83. The molecule has 1 fully saturated rings. The molecule has 0 aliphatic carbocycles. The maximum absolute atomic E-state index is 10.1. The zero-order valence-corrected chi connectivity index (χ0v) is 11.7. The first-order chi connectivity index (χ1) is 8.72. The van der Waals surface area contributed by atoms with E-state index in [2.05, 4.69) is 33.4 Å². The van der Waals surface area contributed by atoms with E-state index in [1.165, 1.54) is 18.2 Å². The van der Waals surface area contributed by atoms with Gasteiger partial charge >= 0.3 is 0 Å². The van der Waals surface area contributed by atoms with Gasteiger partial charge in [-0.05, 0) is 66.4 Å². The van der Waals surface area contributed by atoms with Gasteiger partial charge in [0.2, 0.25) is 0 Å². The lowest BCUT2D eigenvalue weighted by Gasteiger charge is -2.12. The van der Waals surface area contributed by atoms with Crippen LogP contribution in [0.25, 0.3) is 10.8 Å². The summed E-state index contributed by atoms with van der Waals surface area (Å²) >= 11 is 3.49. The van der Waals surface area contributed by atoms with E-state index in [4.69, 9.17) is 0 Å². The Kier molecular flexibility index (Phi) is 3.27. The van der Waals surface area contributed by atoms with Gasteiger partial charge in [0.1, 0.15) is 5.75 Å². The fourth-order valence-corrected chi connectivity index (χ4v) is 3.04. The van der Waals surface area contributed by atoms with E-state index in [1.807, 2.05) is 18.2 Å². The monoisotopic (exact) mass is 305 g/mol. The predicted octanol–water partition coefficient (Wildman–Crippen LogP) is 3.60. The number of rotatable bonds is 2. The number of phenols is 1. The van der Waals surface area contributed by atoms with Crippen LogP contribution in [0.4, 0.5) is 0 Å². The van der Waals surface area contributed by atoms with Gasteiger partial charge in [-0.25, -0.2) is 0 Å². The molecular formula is C15H16BrNO. The van der Waals surface area contributed by atoms with Crippen molar-refractivity contribution in [3.05, 3.63) is 40.4 Å². The number of benzene rings is 2. The number of phenolic OH excluding ortho intramolecular Hbond substituents is 1. The standard InChI is InChI=1S/C15H16BrNO/c16-13-4-3-10-9-15(18)12(6-11(10)7-13)8-14-2-1-5-17-14/h3-4,6-7,9,14,17-18H,1-2,5,8H2. The SMILES string of the molecule is Oc1cc2ccc(Br)cc2cc1CC1CCCN1. The number of hydrogen-bond donors (Lipinski definition) is 2. The van der Waals surface area contributed by atoms with E-state index in [-0.39, 0.29) is 0 Å². The van der Waals surface area contributed by atoms with Gasteiger partial charge < -0.3 is 10.4 Å². The second-order valence-electron chi connectivity index (χ2n) is 4.97. The van der Waals surface area contributed by atoms with Crippen LogP contribution >= 0.6 is 15.9 Å². The summed E-state index contributed by atoms with van der Waals surface area (Å²) in [6.45, 7) is 1.10. The summed E-state index contributed by atoms with van der Waals surface area (Å²) in [5.41, 5.74) is 1.04. The molecule has 0 radical (unpaired) electrons. The topological polar surface area (TPSA) is 32.3 Å². The summed E-state index contributed by atoms with van der Waals surface area (Å²) in [4.78, 5) is 0. The van der Waals surface area contributed by atoms with Crippen LogP contribution in [-0.4, -0.2) is 17.7 Å². The normalized spacial score (nSPS) is 19.5. The third-order valence-corrected chi connectivity index (χ3v) is 4.12. The van der Waals surface area contributed by atoms with Crippen molar-refractivity contribution in [2.75, 3.05) is 6.54 Å². The van der Waals surface area contributed by atoms with Crippen LogP contribution in [0.5, 0.6) is 5.75 Å². The number of nitrogens with one attached hydrogen (secondary N) is 1. The quantitative estimate of drug-likeness (QED) is 0.888. The molecule has 0 saturated carbocycles. The minimum atomic E-state index is 0.415. The minimum absolute atomic E-state index is 0.415. The van der Waals surface area contributed by atoms with Gasteiger partial charge in [-0.3, -0.25) is 0 Å². The Bertz CT molecular complexity index is 576. The third-order valence-electron chi connectivity index (χ3n) is 3.63. The molecule has 2 aromatic carbocycles. The first-order valence-electron chi connectivity index (χ1n) is 6.37. The highest BCUT2D eigenvalue weighted by molar-refractivity contribution is 9.10. The van der Waals surface area contributed by atoms with Crippen LogP contribution in [0.2, 0.25) is 0 Å². The highest BCUT2D eigenvalue weighted by Gasteiger charge is 2.16. The Morgan fingerprint density at radius 3 is 2.89 bits per heavy atom. The van der Waals surface area contributed by atoms with Crippen LogP contribution in [0.3, 0.4) is 0 Å². The molecule has 3 rings (SSSR count). The van der Waals surface area contributed by atoms with Crippen molar-refractivity contribution in [1.82, 2.24) is 5.32 Å². The van der Waals surface area contributed by atoms with Gasteiger partial charge in [0, 0.05) is 10.5 Å². The van der Waals surface area contributed by atoms with E-state index >= 15 is 0 Å². The molecule has 0 aromatic heterocycles. The Morgan fingerprint density at radius 1 is 1.22 bits per heavy atom. The lowest BCUT2D eigenvalue weighted by molar-refractivity contribution is 0.463. The molecular weight excluding hydrogens is 290 g/mol. The smallest absolute Gasteiger partial charge is 0.119 e. The molecule has 1 unspecified atom stereocenters. The molecule has 1 atom stereocenters. The molecule has 3 heteroatoms. The molecule has 1 aliphatic heterocycles. The van der Waals surface area contributed by atoms with Gasteiger partial charge in [0.15, 0.2) is 0 Å². The Balaban J connectivity index is 1.97. The van der Waals surface area contributed by atoms with Gasteiger partial charge in [0.05, 0.1) is 0 Å². The number of halogens is 1. The van der Waals surface area contributed by atoms with Crippen molar-refractivity contribution in [3.63, 3.8) is 0 Å². The van der Waals surface area contributed by atoms with Crippen molar-refractivity contribution in [2.24, 2.45) is 0 Å². The molecule has 2 N–H and O–H groups in total. The second kappa shape index (κ2) is 4.90. The first kappa shape index (κ1) is 12.0. The summed E-state index contributed by atoms with van der Waals surface area (Å²) in [6, 6.07) is 10.6. The molecule has 2 nitrogen and oxygen atoms in total. The highest BCUT2D eigenvalue weighted by Crippen LogP contribution is 2.29. The van der Waals surface area contributed by atoms with E-state index in [0.717, 1.165) is 28.4 Å². The number of aromatic hydroxyl groups is 1. The Hall–Kier alpha value is -1.06. The molecule has 1 saturated heterocycles. The van der Waals surface area contributed by atoms with Gasteiger partial charge in [-0.15, -0.1) is 0 Å². The summed E-state index contributed by atoms with van der Waals surface area (Å²) in [7, 11) is 0. The number of fused-ring (bicyclic) bond motifs is 1. The van der Waals surface area contributed by atoms with E-state index in [0.29, 0.717) is 11.8 Å². The third kappa shape index (κ3) is 2.38. The van der Waals surface area contributed by atoms with Crippen LogP contribution in [0, 0.1) is 0 Å². The van der Waals surface area contributed by atoms with E-state index in [1.54, 1.807) is 0 Å². The Morgan fingerprint density at radius 2 is 2.11 bits per heavy atom. The fraction of sp³-hybridized carbons (Fsp3) is 0.333. The molecule has 1 heterocycles. The predicted molar refractivity (Wildman–Crippen MR) is 78.0 cm³/mol. The van der Waals surface area contributed by atoms with Crippen LogP contribution in [0.1, 0.15) is 18.4 Å². The fourth-order valence-electron chi connectivity index (χ4n) is 2.66. The molecule has 18 heavy (non-hydrogen) atoms. The molecule has 1 aliphatic rings. The molecule has 0 amide bonds. The molecule has 0 spiro atoms. The minimum Gasteiger partial charge on any atom is -0.508 e. The summed E-state index contributed by atoms with van der Waals surface area (Å²) in [5, 5.41) is 15.8. The molecule has 94 valence electrons. The zero-order valence-electron chi connectivity index (χ0n) is 10.1. The van der Waals surface area contributed by atoms with Gasteiger partial charge in [-0.2, -0.15) is 0 Å². The lowest BCUT2D eigenvalue weighted by Crippen LogP contribution is -2.23. The lowest BCUT2D eigenvalue weighted by atomic mass is 10.00. The maximum Gasteiger partial charge on any atom is 0.119 e. The van der Waals surface area contributed by atoms with Crippen molar-refractivity contribution in [2.45, 2.75) is 25.3 Å². The first-order valence-corrected chi connectivity index (χ1v) is 7.16. The Labute approximate surface area is 115 Å². The van der Waals surface area contributed by atoms with Crippen molar-refractivity contribution >= 4 is 26.7 Å². The van der Waals surface area contributed by atoms with E-state index < -0.39 is 0 Å². The maximum atomic E-state index is 10.1. The average molecular weight is 306 g/mol. The van der Waals surface area contributed by atoms with Crippen molar-refractivity contribution in [1.29, 1.82) is 0 Å². The summed E-state index contributed by atoms with van der Waals surface area (Å²) in [6.07, 6.45) is 3.36. The van der Waals surface area contributed by atoms with Crippen LogP contribution in [-0.2, 0) is 6.42 Å². The van der Waals surface area contributed by atoms with Gasteiger partial charge in [-0.1, -0.05) is 22.0 Å². The summed E-state index contributed by atoms with van der Waals surface area (Å²) < 4.78 is 1.07. The van der Waals surface area contributed by atoms with Crippen LogP contribution < -0.4 is 5.32 Å². The molecule has 2 aromatic rings.